The zero-order chi connectivity index (χ0) is 22.3. The first-order valence-electron chi connectivity index (χ1n) is 10.1. The number of carbonyl (C=O) groups is 2. The molecular formula is C24H31FN2O3. The van der Waals surface area contributed by atoms with Gasteiger partial charge in [0.1, 0.15) is 17.6 Å². The summed E-state index contributed by atoms with van der Waals surface area (Å²) in [5.41, 5.74) is 1.34. The number of hydrogen-bond donors (Lipinski definition) is 1. The van der Waals surface area contributed by atoms with Crippen LogP contribution in [0.3, 0.4) is 0 Å². The molecule has 2 amide bonds. The maximum absolute atomic E-state index is 13.3. The predicted octanol–water partition coefficient (Wildman–Crippen LogP) is 4.24. The van der Waals surface area contributed by atoms with Crippen LogP contribution >= 0.6 is 0 Å². The van der Waals surface area contributed by atoms with Crippen LogP contribution in [0.1, 0.15) is 45.2 Å². The van der Waals surface area contributed by atoms with E-state index in [0.717, 1.165) is 11.1 Å². The molecule has 2 rings (SSSR count). The van der Waals surface area contributed by atoms with Gasteiger partial charge in [-0.1, -0.05) is 31.2 Å². The molecule has 162 valence electrons. The fourth-order valence-corrected chi connectivity index (χ4v) is 3.09. The molecule has 0 unspecified atom stereocenters. The minimum Gasteiger partial charge on any atom is -0.484 e. The van der Waals surface area contributed by atoms with Gasteiger partial charge in [0.05, 0.1) is 0 Å². The molecule has 6 heteroatoms. The topological polar surface area (TPSA) is 58.6 Å². The van der Waals surface area contributed by atoms with E-state index in [9.17, 15) is 14.0 Å². The molecule has 0 fully saturated rings. The standard InChI is InChI=1S/C24H31FN2O3/c1-6-21(23(29)26-24(3,4)5)27(15-18-10-12-19(25)13-11-18)22(28)16-30-20-9-7-8-17(2)14-20/h7-14,21H,6,15-16H2,1-5H3,(H,26,29)/t21-/m0/s1. The lowest BCUT2D eigenvalue weighted by Crippen LogP contribution is -2.54. The molecule has 0 spiro atoms. The average Bonchev–Trinajstić information content (AvgIpc) is 2.66. The first-order valence-corrected chi connectivity index (χ1v) is 10.1. The van der Waals surface area contributed by atoms with E-state index in [-0.39, 0.29) is 30.8 Å². The van der Waals surface area contributed by atoms with Crippen molar-refractivity contribution in [3.63, 3.8) is 0 Å². The lowest BCUT2D eigenvalue weighted by Gasteiger charge is -2.33. The number of amides is 2. The molecule has 0 radical (unpaired) electrons. The van der Waals surface area contributed by atoms with Crippen molar-refractivity contribution in [2.24, 2.45) is 0 Å². The summed E-state index contributed by atoms with van der Waals surface area (Å²) in [6.45, 7) is 9.48. The van der Waals surface area contributed by atoms with Crippen LogP contribution in [0, 0.1) is 12.7 Å². The largest absolute Gasteiger partial charge is 0.484 e. The Morgan fingerprint density at radius 3 is 2.37 bits per heavy atom. The second kappa shape index (κ2) is 10.2. The van der Waals surface area contributed by atoms with Gasteiger partial charge in [-0.25, -0.2) is 4.39 Å². The summed E-state index contributed by atoms with van der Waals surface area (Å²) >= 11 is 0. The smallest absolute Gasteiger partial charge is 0.261 e. The Morgan fingerprint density at radius 1 is 1.13 bits per heavy atom. The van der Waals surface area contributed by atoms with Crippen LogP contribution in [0.5, 0.6) is 5.75 Å². The van der Waals surface area contributed by atoms with E-state index < -0.39 is 11.6 Å². The summed E-state index contributed by atoms with van der Waals surface area (Å²) < 4.78 is 19.0. The Labute approximate surface area is 178 Å². The Kier molecular flexibility index (Phi) is 7.98. The molecule has 0 aliphatic rings. The Morgan fingerprint density at radius 2 is 1.80 bits per heavy atom. The van der Waals surface area contributed by atoms with Crippen molar-refractivity contribution >= 4 is 11.8 Å². The van der Waals surface area contributed by atoms with Crippen molar-refractivity contribution in [1.29, 1.82) is 0 Å². The number of nitrogens with zero attached hydrogens (tertiary/aromatic N) is 1. The molecule has 0 aromatic heterocycles. The van der Waals surface area contributed by atoms with E-state index in [0.29, 0.717) is 12.2 Å². The van der Waals surface area contributed by atoms with Crippen LogP contribution in [0.2, 0.25) is 0 Å². The van der Waals surface area contributed by atoms with Gasteiger partial charge in [0.15, 0.2) is 6.61 Å². The normalized spacial score (nSPS) is 12.2. The molecule has 5 nitrogen and oxygen atoms in total. The molecule has 0 aliphatic carbocycles. The third kappa shape index (κ3) is 7.17. The molecule has 1 N–H and O–H groups in total. The quantitative estimate of drug-likeness (QED) is 0.703. The van der Waals surface area contributed by atoms with Gasteiger partial charge < -0.3 is 15.0 Å². The van der Waals surface area contributed by atoms with Gasteiger partial charge in [-0.15, -0.1) is 0 Å². The molecule has 0 bridgehead atoms. The van der Waals surface area contributed by atoms with E-state index in [1.54, 1.807) is 18.2 Å². The average molecular weight is 415 g/mol. The monoisotopic (exact) mass is 414 g/mol. The number of nitrogens with one attached hydrogen (secondary N) is 1. The number of hydrogen-bond acceptors (Lipinski definition) is 3. The Hall–Kier alpha value is -2.89. The number of benzene rings is 2. The molecule has 0 saturated carbocycles. The van der Waals surface area contributed by atoms with Crippen LogP contribution in [-0.2, 0) is 16.1 Å². The lowest BCUT2D eigenvalue weighted by atomic mass is 10.1. The van der Waals surface area contributed by atoms with Crippen LogP contribution < -0.4 is 10.1 Å². The van der Waals surface area contributed by atoms with Crippen molar-refractivity contribution in [1.82, 2.24) is 10.2 Å². The summed E-state index contributed by atoms with van der Waals surface area (Å²) in [7, 11) is 0. The maximum Gasteiger partial charge on any atom is 0.261 e. The van der Waals surface area contributed by atoms with Gasteiger partial charge in [0.25, 0.3) is 5.91 Å². The highest BCUT2D eigenvalue weighted by molar-refractivity contribution is 5.88. The molecule has 30 heavy (non-hydrogen) atoms. The van der Waals surface area contributed by atoms with Crippen molar-refractivity contribution < 1.29 is 18.7 Å². The summed E-state index contributed by atoms with van der Waals surface area (Å²) in [5.74, 6) is -0.290. The second-order valence-electron chi connectivity index (χ2n) is 8.42. The van der Waals surface area contributed by atoms with Crippen LogP contribution in [0.25, 0.3) is 0 Å². The van der Waals surface area contributed by atoms with Crippen LogP contribution in [0.15, 0.2) is 48.5 Å². The SMILES string of the molecule is CC[C@@H](C(=O)NC(C)(C)C)N(Cc1ccc(F)cc1)C(=O)COc1cccc(C)c1. The zero-order valence-electron chi connectivity index (χ0n) is 18.4. The molecule has 1 atom stereocenters. The van der Waals surface area contributed by atoms with E-state index in [1.807, 2.05) is 52.8 Å². The van der Waals surface area contributed by atoms with Crippen LogP contribution in [-0.4, -0.2) is 34.9 Å². The van der Waals surface area contributed by atoms with Gasteiger partial charge in [-0.2, -0.15) is 0 Å². The summed E-state index contributed by atoms with van der Waals surface area (Å²) in [6.07, 6.45) is 0.444. The van der Waals surface area contributed by atoms with Gasteiger partial charge in [0.2, 0.25) is 5.91 Å². The summed E-state index contributed by atoms with van der Waals surface area (Å²) in [4.78, 5) is 27.5. The fraction of sp³-hybridized carbons (Fsp3) is 0.417. The number of halogens is 1. The van der Waals surface area contributed by atoms with Gasteiger partial charge >= 0.3 is 0 Å². The van der Waals surface area contributed by atoms with Crippen molar-refractivity contribution in [2.75, 3.05) is 6.61 Å². The van der Waals surface area contributed by atoms with Gasteiger partial charge in [-0.3, -0.25) is 9.59 Å². The van der Waals surface area contributed by atoms with E-state index in [1.165, 1.54) is 17.0 Å². The number of aryl methyl sites for hydroxylation is 1. The number of carbonyl (C=O) groups excluding carboxylic acids is 2. The highest BCUT2D eigenvalue weighted by Gasteiger charge is 2.30. The molecule has 2 aromatic carbocycles. The first-order chi connectivity index (χ1) is 14.1. The van der Waals surface area contributed by atoms with Crippen molar-refractivity contribution in [3.05, 3.63) is 65.5 Å². The molecule has 0 aliphatic heterocycles. The van der Waals surface area contributed by atoms with Crippen LogP contribution in [0.4, 0.5) is 4.39 Å². The van der Waals surface area contributed by atoms with E-state index >= 15 is 0 Å². The third-order valence-corrected chi connectivity index (χ3v) is 4.50. The van der Waals surface area contributed by atoms with Crippen molar-refractivity contribution in [3.8, 4) is 5.75 Å². The Balaban J connectivity index is 2.22. The zero-order valence-corrected chi connectivity index (χ0v) is 18.4. The fourth-order valence-electron chi connectivity index (χ4n) is 3.09. The first kappa shape index (κ1) is 23.4. The van der Waals surface area contributed by atoms with E-state index in [2.05, 4.69) is 5.32 Å². The maximum atomic E-state index is 13.3. The molecule has 2 aromatic rings. The minimum absolute atomic E-state index is 0.187. The van der Waals surface area contributed by atoms with E-state index in [4.69, 9.17) is 4.74 Å². The number of rotatable bonds is 8. The predicted molar refractivity (Wildman–Crippen MR) is 116 cm³/mol. The van der Waals surface area contributed by atoms with Crippen molar-refractivity contribution in [2.45, 2.75) is 59.2 Å². The van der Waals surface area contributed by atoms with Gasteiger partial charge in [0, 0.05) is 12.1 Å². The summed E-state index contributed by atoms with van der Waals surface area (Å²) in [5, 5.41) is 2.95. The highest BCUT2D eigenvalue weighted by atomic mass is 19.1. The highest BCUT2D eigenvalue weighted by Crippen LogP contribution is 2.16. The molecular weight excluding hydrogens is 383 g/mol. The molecule has 0 heterocycles. The van der Waals surface area contributed by atoms with Gasteiger partial charge in [-0.05, 0) is 69.5 Å². The summed E-state index contributed by atoms with van der Waals surface area (Å²) in [6, 6.07) is 12.7. The third-order valence-electron chi connectivity index (χ3n) is 4.50. The second-order valence-corrected chi connectivity index (χ2v) is 8.42. The Bertz CT molecular complexity index is 859. The minimum atomic E-state index is -0.664. The lowest BCUT2D eigenvalue weighted by molar-refractivity contribution is -0.143. The molecule has 0 saturated heterocycles. The number of ether oxygens (including phenoxy) is 1.